The van der Waals surface area contributed by atoms with Crippen LogP contribution in [0.3, 0.4) is 0 Å². The largest absolute Gasteiger partial charge is 0.391 e. The lowest BCUT2D eigenvalue weighted by molar-refractivity contribution is -0.149. The molecule has 0 radical (unpaired) electrons. The number of primary amides is 1. The van der Waals surface area contributed by atoms with Gasteiger partial charge in [-0.25, -0.2) is 8.42 Å². The molecule has 0 aromatic carbocycles. The molecule has 1 rings (SSSR count). The molecule has 1 amide bonds. The van der Waals surface area contributed by atoms with Crippen LogP contribution in [0.2, 0.25) is 0 Å². The van der Waals surface area contributed by atoms with Crippen molar-refractivity contribution in [2.24, 2.45) is 5.73 Å². The summed E-state index contributed by atoms with van der Waals surface area (Å²) in [6.45, 7) is 0. The summed E-state index contributed by atoms with van der Waals surface area (Å²) >= 11 is 0.669. The minimum absolute atomic E-state index is 0.358. The second-order valence-electron chi connectivity index (χ2n) is 3.93. The number of rotatable bonds is 6. The molecule has 1 aromatic rings. The summed E-state index contributed by atoms with van der Waals surface area (Å²) in [5, 5.41) is 6.21. The van der Waals surface area contributed by atoms with Crippen LogP contribution < -0.4 is 5.73 Å². The Bertz CT molecular complexity index is 646. The number of nitrogens with zero attached hydrogens (tertiary/aromatic N) is 2. The molecule has 118 valence electrons. The van der Waals surface area contributed by atoms with Gasteiger partial charge < -0.3 is 5.73 Å². The number of nitrogens with two attached hydrogens (primary N) is 1. The molecular weight excluding hydrogens is 359 g/mol. The Kier molecular flexibility index (Phi) is 4.95. The van der Waals surface area contributed by atoms with Gasteiger partial charge in [-0.1, -0.05) is 11.3 Å². The number of carbonyl (C=O) groups is 2. The van der Waals surface area contributed by atoms with E-state index in [-0.39, 0.29) is 5.01 Å². The summed E-state index contributed by atoms with van der Waals surface area (Å²) < 4.78 is 57.3. The van der Waals surface area contributed by atoms with Crippen LogP contribution in [0.25, 0.3) is 0 Å². The molecule has 21 heavy (non-hydrogen) atoms. The van der Waals surface area contributed by atoms with Crippen LogP contribution >= 0.6 is 22.0 Å². The zero-order valence-corrected chi connectivity index (χ0v) is 12.3. The topological polar surface area (TPSA) is 120 Å². The third kappa shape index (κ3) is 4.11. The number of alkyl halides is 3. The highest BCUT2D eigenvalue weighted by atomic mass is 35.7. The first-order chi connectivity index (χ1) is 9.39. The third-order valence-electron chi connectivity index (χ3n) is 2.45. The molecule has 1 aromatic heterocycles. The molecule has 1 heterocycles. The van der Waals surface area contributed by atoms with Gasteiger partial charge in [0.15, 0.2) is 15.5 Å². The Balaban J connectivity index is 3.30. The van der Waals surface area contributed by atoms with E-state index in [1.54, 1.807) is 0 Å². The summed E-state index contributed by atoms with van der Waals surface area (Å²) in [6.07, 6.45) is -8.63. The number of Topliss-reactive ketones (excluding diaryl/α,β-unsaturated/α-hetero) is 1. The first-order valence-electron chi connectivity index (χ1n) is 4.99. The maximum atomic E-state index is 12.6. The van der Waals surface area contributed by atoms with Crippen molar-refractivity contribution in [1.29, 1.82) is 0 Å². The average molecular weight is 366 g/mol. The maximum absolute atomic E-state index is 12.6. The molecule has 1 unspecified atom stereocenters. The first-order valence-corrected chi connectivity index (χ1v) is 8.18. The molecule has 0 fully saturated rings. The van der Waals surface area contributed by atoms with Crippen LogP contribution in [0.15, 0.2) is 5.51 Å². The lowest BCUT2D eigenvalue weighted by Gasteiger charge is -2.27. The summed E-state index contributed by atoms with van der Waals surface area (Å²) in [5.74, 6) is -3.00. The number of hydrogen-bond donors (Lipinski definition) is 1. The van der Waals surface area contributed by atoms with Gasteiger partial charge in [0.1, 0.15) is 5.51 Å². The normalized spacial score (nSPS) is 15.4. The molecule has 7 nitrogen and oxygen atoms in total. The van der Waals surface area contributed by atoms with Crippen molar-refractivity contribution < 1.29 is 31.2 Å². The quantitative estimate of drug-likeness (QED) is 0.589. The third-order valence-corrected chi connectivity index (χ3v) is 5.49. The molecule has 0 aliphatic rings. The summed E-state index contributed by atoms with van der Waals surface area (Å²) in [6, 6.07) is 0. The van der Waals surface area contributed by atoms with E-state index >= 15 is 0 Å². The minimum atomic E-state index is -5.13. The molecule has 13 heteroatoms. The van der Waals surface area contributed by atoms with Crippen LogP contribution in [0, 0.1) is 0 Å². The van der Waals surface area contributed by atoms with E-state index < -0.39 is 44.5 Å². The Morgan fingerprint density at radius 2 is 1.95 bits per heavy atom. The summed E-state index contributed by atoms with van der Waals surface area (Å²) in [4.78, 5) is 23.1. The second-order valence-corrected chi connectivity index (χ2v) is 7.64. The molecule has 0 spiro atoms. The number of amides is 1. The van der Waals surface area contributed by atoms with E-state index in [1.807, 2.05) is 0 Å². The van der Waals surface area contributed by atoms with Gasteiger partial charge >= 0.3 is 6.18 Å². The number of halogens is 4. The fourth-order valence-corrected chi connectivity index (χ4v) is 3.41. The van der Waals surface area contributed by atoms with E-state index in [2.05, 4.69) is 10.2 Å². The van der Waals surface area contributed by atoms with Crippen LogP contribution in [-0.2, 0) is 13.8 Å². The number of ketones is 1. The Morgan fingerprint density at radius 3 is 2.29 bits per heavy atom. The smallest absolute Gasteiger partial charge is 0.368 e. The van der Waals surface area contributed by atoms with E-state index in [0.717, 1.165) is 5.51 Å². The predicted octanol–water partition coefficient (Wildman–Crippen LogP) is 0.856. The van der Waals surface area contributed by atoms with Gasteiger partial charge in [0.05, 0.1) is 6.42 Å². The molecule has 0 bridgehead atoms. The molecule has 0 saturated carbocycles. The number of carbonyl (C=O) groups excluding carboxylic acids is 2. The second kappa shape index (κ2) is 5.85. The van der Waals surface area contributed by atoms with Crippen LogP contribution in [0.5, 0.6) is 0 Å². The van der Waals surface area contributed by atoms with Crippen molar-refractivity contribution in [3.63, 3.8) is 0 Å². The molecule has 0 aliphatic heterocycles. The van der Waals surface area contributed by atoms with Crippen molar-refractivity contribution in [1.82, 2.24) is 10.2 Å². The Morgan fingerprint density at radius 1 is 1.38 bits per heavy atom. The summed E-state index contributed by atoms with van der Waals surface area (Å²) in [7, 11) is -0.183. The maximum Gasteiger partial charge on any atom is 0.391 e. The highest BCUT2D eigenvalue weighted by molar-refractivity contribution is 8.15. The van der Waals surface area contributed by atoms with E-state index in [1.165, 1.54) is 0 Å². The highest BCUT2D eigenvalue weighted by Gasteiger charge is 2.56. The van der Waals surface area contributed by atoms with Crippen molar-refractivity contribution in [2.45, 2.75) is 23.8 Å². The van der Waals surface area contributed by atoms with Crippen LogP contribution in [0.4, 0.5) is 13.2 Å². The fraction of sp³-hybridized carbons (Fsp3) is 0.500. The SMILES string of the molecule is NC(=O)C(CC(=O)c1nncs1)(CC(F)(F)F)S(=O)(=O)Cl. The van der Waals surface area contributed by atoms with Gasteiger partial charge in [0.2, 0.25) is 15.0 Å². The lowest BCUT2D eigenvalue weighted by atomic mass is 9.96. The fourth-order valence-electron chi connectivity index (χ4n) is 1.48. The van der Waals surface area contributed by atoms with Crippen molar-refractivity contribution >= 4 is 42.8 Å². The van der Waals surface area contributed by atoms with Crippen LogP contribution in [0.1, 0.15) is 22.6 Å². The first kappa shape index (κ1) is 17.8. The van der Waals surface area contributed by atoms with Crippen molar-refractivity contribution in [2.75, 3.05) is 0 Å². The zero-order valence-electron chi connectivity index (χ0n) is 9.92. The van der Waals surface area contributed by atoms with Crippen molar-refractivity contribution in [3.05, 3.63) is 10.5 Å². The van der Waals surface area contributed by atoms with E-state index in [4.69, 9.17) is 16.4 Å². The zero-order chi connectivity index (χ0) is 16.5. The van der Waals surface area contributed by atoms with Crippen LogP contribution in [-0.4, -0.2) is 41.2 Å². The van der Waals surface area contributed by atoms with Crippen molar-refractivity contribution in [3.8, 4) is 0 Å². The average Bonchev–Trinajstić information content (AvgIpc) is 2.77. The van der Waals surface area contributed by atoms with Gasteiger partial charge in [-0.3, -0.25) is 9.59 Å². The monoisotopic (exact) mass is 365 g/mol. The van der Waals surface area contributed by atoms with E-state index in [0.29, 0.717) is 11.3 Å². The summed E-state index contributed by atoms with van der Waals surface area (Å²) in [5.41, 5.74) is 5.89. The van der Waals surface area contributed by atoms with Gasteiger partial charge in [-0.2, -0.15) is 13.2 Å². The van der Waals surface area contributed by atoms with Gasteiger partial charge in [-0.15, -0.1) is 10.2 Å². The standard InChI is InChI=1S/C8H7ClF3N3O4S2/c9-21(18,19)7(6(13)17,2-8(10,11)12)1-4(16)5-15-14-3-20-5/h3H,1-2H2,(H2,13,17). The molecule has 1 atom stereocenters. The predicted molar refractivity (Wildman–Crippen MR) is 66.2 cm³/mol. The van der Waals surface area contributed by atoms with Gasteiger partial charge in [0.25, 0.3) is 0 Å². The van der Waals surface area contributed by atoms with E-state index in [9.17, 15) is 31.2 Å². The highest BCUT2D eigenvalue weighted by Crippen LogP contribution is 2.38. The Hall–Kier alpha value is -1.27. The lowest BCUT2D eigenvalue weighted by Crippen LogP contribution is -2.52. The molecule has 2 N–H and O–H groups in total. The molecule has 0 aliphatic carbocycles. The Labute approximate surface area is 124 Å². The molecule has 0 saturated heterocycles. The van der Waals surface area contributed by atoms with Gasteiger partial charge in [0, 0.05) is 17.1 Å². The number of aromatic nitrogens is 2. The molecular formula is C8H7ClF3N3O4S2. The number of hydrogen-bond acceptors (Lipinski definition) is 7. The minimum Gasteiger partial charge on any atom is -0.368 e. The van der Waals surface area contributed by atoms with Gasteiger partial charge in [-0.05, 0) is 0 Å².